The zero-order valence-corrected chi connectivity index (χ0v) is 9.00. The SMILES string of the molecule is COCC(CO)Cc1cccc(Cl)c1. The molecule has 0 radical (unpaired) electrons. The van der Waals surface area contributed by atoms with E-state index in [1.807, 2.05) is 24.3 Å². The predicted octanol–water partition coefficient (Wildman–Crippen LogP) is 2.14. The molecule has 1 rings (SSSR count). The van der Waals surface area contributed by atoms with Crippen LogP contribution in [-0.4, -0.2) is 25.4 Å². The fourth-order valence-corrected chi connectivity index (χ4v) is 1.62. The molecule has 0 heterocycles. The van der Waals surface area contributed by atoms with E-state index in [9.17, 15) is 0 Å². The number of halogens is 1. The minimum atomic E-state index is 0.139. The second kappa shape index (κ2) is 6.02. The number of hydrogen-bond acceptors (Lipinski definition) is 2. The number of aliphatic hydroxyl groups excluding tert-OH is 1. The van der Waals surface area contributed by atoms with Crippen LogP contribution in [0.3, 0.4) is 0 Å². The van der Waals surface area contributed by atoms with Gasteiger partial charge in [-0.2, -0.15) is 0 Å². The van der Waals surface area contributed by atoms with E-state index < -0.39 is 0 Å². The minimum Gasteiger partial charge on any atom is -0.396 e. The van der Waals surface area contributed by atoms with Crippen LogP contribution in [0.25, 0.3) is 0 Å². The van der Waals surface area contributed by atoms with Crippen molar-refractivity contribution in [2.45, 2.75) is 6.42 Å². The maximum atomic E-state index is 9.07. The standard InChI is InChI=1S/C11H15ClO2/c1-14-8-10(7-13)5-9-3-2-4-11(12)6-9/h2-4,6,10,13H,5,7-8H2,1H3. The van der Waals surface area contributed by atoms with Crippen molar-refractivity contribution in [3.8, 4) is 0 Å². The minimum absolute atomic E-state index is 0.139. The molecule has 78 valence electrons. The number of benzene rings is 1. The van der Waals surface area contributed by atoms with Gasteiger partial charge in [-0.1, -0.05) is 23.7 Å². The van der Waals surface area contributed by atoms with Crippen LogP contribution in [-0.2, 0) is 11.2 Å². The predicted molar refractivity (Wildman–Crippen MR) is 57.6 cm³/mol. The Balaban J connectivity index is 2.57. The lowest BCUT2D eigenvalue weighted by atomic mass is 10.0. The molecule has 0 aliphatic carbocycles. The van der Waals surface area contributed by atoms with E-state index in [0.29, 0.717) is 6.61 Å². The Labute approximate surface area is 89.5 Å². The molecule has 1 N–H and O–H groups in total. The number of methoxy groups -OCH3 is 1. The summed E-state index contributed by atoms with van der Waals surface area (Å²) in [4.78, 5) is 0. The molecule has 0 saturated heterocycles. The van der Waals surface area contributed by atoms with E-state index in [4.69, 9.17) is 21.4 Å². The summed E-state index contributed by atoms with van der Waals surface area (Å²) >= 11 is 5.85. The van der Waals surface area contributed by atoms with E-state index in [-0.39, 0.29) is 12.5 Å². The maximum Gasteiger partial charge on any atom is 0.0515 e. The van der Waals surface area contributed by atoms with Crippen molar-refractivity contribution in [3.05, 3.63) is 34.9 Å². The number of aliphatic hydroxyl groups is 1. The van der Waals surface area contributed by atoms with Crippen LogP contribution in [0.4, 0.5) is 0 Å². The van der Waals surface area contributed by atoms with E-state index >= 15 is 0 Å². The second-order valence-electron chi connectivity index (χ2n) is 3.34. The van der Waals surface area contributed by atoms with Gasteiger partial charge in [-0.25, -0.2) is 0 Å². The largest absolute Gasteiger partial charge is 0.396 e. The van der Waals surface area contributed by atoms with Crippen LogP contribution < -0.4 is 0 Å². The van der Waals surface area contributed by atoms with Crippen LogP contribution in [0, 0.1) is 5.92 Å². The Kier molecular flexibility index (Phi) is 4.94. The Morgan fingerprint density at radius 1 is 1.50 bits per heavy atom. The molecule has 0 fully saturated rings. The third-order valence-corrected chi connectivity index (χ3v) is 2.31. The lowest BCUT2D eigenvalue weighted by molar-refractivity contribution is 0.110. The molecule has 14 heavy (non-hydrogen) atoms. The van der Waals surface area contributed by atoms with Gasteiger partial charge in [-0.15, -0.1) is 0 Å². The van der Waals surface area contributed by atoms with Gasteiger partial charge in [0.25, 0.3) is 0 Å². The highest BCUT2D eigenvalue weighted by Gasteiger charge is 2.08. The summed E-state index contributed by atoms with van der Waals surface area (Å²) in [5, 5.41) is 9.81. The van der Waals surface area contributed by atoms with Crippen molar-refractivity contribution < 1.29 is 9.84 Å². The first kappa shape index (κ1) is 11.5. The zero-order valence-electron chi connectivity index (χ0n) is 8.24. The van der Waals surface area contributed by atoms with E-state index in [1.54, 1.807) is 7.11 Å². The summed E-state index contributed by atoms with van der Waals surface area (Å²) in [6.45, 7) is 0.712. The van der Waals surface area contributed by atoms with Crippen LogP contribution in [0.1, 0.15) is 5.56 Å². The molecule has 3 heteroatoms. The molecule has 0 bridgehead atoms. The quantitative estimate of drug-likeness (QED) is 0.814. The first-order valence-electron chi connectivity index (χ1n) is 4.60. The molecule has 0 aliphatic heterocycles. The smallest absolute Gasteiger partial charge is 0.0515 e. The second-order valence-corrected chi connectivity index (χ2v) is 3.77. The van der Waals surface area contributed by atoms with Crippen LogP contribution in [0.5, 0.6) is 0 Å². The average molecular weight is 215 g/mol. The van der Waals surface area contributed by atoms with E-state index in [1.165, 1.54) is 0 Å². The number of rotatable bonds is 5. The van der Waals surface area contributed by atoms with Crippen molar-refractivity contribution >= 4 is 11.6 Å². The molecule has 1 atom stereocenters. The topological polar surface area (TPSA) is 29.5 Å². The highest BCUT2D eigenvalue weighted by molar-refractivity contribution is 6.30. The molecule has 0 aliphatic rings. The van der Waals surface area contributed by atoms with Gasteiger partial charge in [0.15, 0.2) is 0 Å². The lowest BCUT2D eigenvalue weighted by Crippen LogP contribution is -2.15. The normalized spacial score (nSPS) is 12.8. The van der Waals surface area contributed by atoms with Gasteiger partial charge in [0.05, 0.1) is 6.61 Å². The van der Waals surface area contributed by atoms with Gasteiger partial charge in [-0.3, -0.25) is 0 Å². The Morgan fingerprint density at radius 2 is 2.29 bits per heavy atom. The third-order valence-electron chi connectivity index (χ3n) is 2.07. The molecule has 0 aromatic heterocycles. The maximum absolute atomic E-state index is 9.07. The highest BCUT2D eigenvalue weighted by Crippen LogP contribution is 2.14. The van der Waals surface area contributed by atoms with E-state index in [2.05, 4.69) is 0 Å². The summed E-state index contributed by atoms with van der Waals surface area (Å²) in [6, 6.07) is 7.68. The van der Waals surface area contributed by atoms with Crippen LogP contribution >= 0.6 is 11.6 Å². The summed E-state index contributed by atoms with van der Waals surface area (Å²) in [5.74, 6) is 0.151. The van der Waals surface area contributed by atoms with Crippen LogP contribution in [0.15, 0.2) is 24.3 Å². The van der Waals surface area contributed by atoms with Gasteiger partial charge in [-0.05, 0) is 24.1 Å². The molecule has 2 nitrogen and oxygen atoms in total. The van der Waals surface area contributed by atoms with E-state index in [0.717, 1.165) is 17.0 Å². The molecule has 1 unspecified atom stereocenters. The van der Waals surface area contributed by atoms with Crippen LogP contribution in [0.2, 0.25) is 5.02 Å². The van der Waals surface area contributed by atoms with Gasteiger partial charge in [0.2, 0.25) is 0 Å². The summed E-state index contributed by atoms with van der Waals surface area (Å²) in [5.41, 5.74) is 1.13. The summed E-state index contributed by atoms with van der Waals surface area (Å²) < 4.78 is 5.00. The zero-order chi connectivity index (χ0) is 10.4. The molecule has 1 aromatic carbocycles. The van der Waals surface area contributed by atoms with Crippen molar-refractivity contribution in [3.63, 3.8) is 0 Å². The first-order chi connectivity index (χ1) is 6.76. The monoisotopic (exact) mass is 214 g/mol. The van der Waals surface area contributed by atoms with Gasteiger partial charge >= 0.3 is 0 Å². The van der Waals surface area contributed by atoms with Crippen molar-refractivity contribution in [1.29, 1.82) is 0 Å². The fourth-order valence-electron chi connectivity index (χ4n) is 1.41. The van der Waals surface area contributed by atoms with Gasteiger partial charge < -0.3 is 9.84 Å². The fraction of sp³-hybridized carbons (Fsp3) is 0.455. The highest BCUT2D eigenvalue weighted by atomic mass is 35.5. The van der Waals surface area contributed by atoms with Gasteiger partial charge in [0.1, 0.15) is 0 Å². The van der Waals surface area contributed by atoms with Crippen molar-refractivity contribution in [1.82, 2.24) is 0 Å². The summed E-state index contributed by atoms with van der Waals surface area (Å²) in [7, 11) is 1.64. The molecule has 1 aromatic rings. The first-order valence-corrected chi connectivity index (χ1v) is 4.98. The average Bonchev–Trinajstić information content (AvgIpc) is 2.17. The van der Waals surface area contributed by atoms with Crippen molar-refractivity contribution in [2.75, 3.05) is 20.3 Å². The van der Waals surface area contributed by atoms with Crippen molar-refractivity contribution in [2.24, 2.45) is 5.92 Å². The number of ether oxygens (including phenoxy) is 1. The molecule has 0 amide bonds. The van der Waals surface area contributed by atoms with Gasteiger partial charge in [0, 0.05) is 24.7 Å². The Hall–Kier alpha value is -0.570. The molecule has 0 saturated carbocycles. The molecular weight excluding hydrogens is 200 g/mol. The Morgan fingerprint density at radius 3 is 2.86 bits per heavy atom. The number of hydrogen-bond donors (Lipinski definition) is 1. The molecule has 0 spiro atoms. The Bertz CT molecular complexity index is 276. The molecular formula is C11H15ClO2. The summed E-state index contributed by atoms with van der Waals surface area (Å²) in [6.07, 6.45) is 0.797. The third kappa shape index (κ3) is 3.66. The lowest BCUT2D eigenvalue weighted by Gasteiger charge is -2.12.